The molecule has 1 N–H and O–H groups in total. The van der Waals surface area contributed by atoms with Crippen LogP contribution in [0.15, 0.2) is 0 Å². The van der Waals surface area contributed by atoms with Crippen molar-refractivity contribution in [2.45, 2.75) is 37.8 Å². The summed E-state index contributed by atoms with van der Waals surface area (Å²) in [5.74, 6) is 2.01. The summed E-state index contributed by atoms with van der Waals surface area (Å²) in [6, 6.07) is 0.187. The van der Waals surface area contributed by atoms with Crippen LogP contribution in [-0.4, -0.2) is 59.1 Å². The summed E-state index contributed by atoms with van der Waals surface area (Å²) in [4.78, 5) is 15.6. The van der Waals surface area contributed by atoms with Gasteiger partial charge in [0.25, 0.3) is 0 Å². The van der Waals surface area contributed by atoms with Crippen molar-refractivity contribution in [2.75, 3.05) is 26.2 Å². The lowest BCUT2D eigenvalue weighted by Crippen LogP contribution is -2.48. The minimum atomic E-state index is -0.659. The van der Waals surface area contributed by atoms with Crippen molar-refractivity contribution in [1.29, 1.82) is 0 Å². The van der Waals surface area contributed by atoms with E-state index < -0.39 is 5.97 Å². The molecule has 0 aliphatic carbocycles. The van der Waals surface area contributed by atoms with Gasteiger partial charge in [-0.2, -0.15) is 0 Å². The van der Waals surface area contributed by atoms with E-state index in [2.05, 4.69) is 15.7 Å². The van der Waals surface area contributed by atoms with Gasteiger partial charge < -0.3 is 5.11 Å². The van der Waals surface area contributed by atoms with Crippen molar-refractivity contribution in [2.24, 2.45) is 0 Å². The van der Waals surface area contributed by atoms with Crippen LogP contribution in [0.1, 0.15) is 25.7 Å². The van der Waals surface area contributed by atoms with Crippen LogP contribution >= 0.6 is 0 Å². The van der Waals surface area contributed by atoms with Crippen LogP contribution in [0.5, 0.6) is 0 Å². The van der Waals surface area contributed by atoms with Crippen LogP contribution in [0.4, 0.5) is 0 Å². The Labute approximate surface area is 103 Å². The molecule has 2 aliphatic heterocycles. The number of carbonyl (C=O) groups is 1. The Morgan fingerprint density at radius 1 is 1.29 bits per heavy atom. The van der Waals surface area contributed by atoms with Gasteiger partial charge in [0, 0.05) is 19.1 Å². The van der Waals surface area contributed by atoms with Gasteiger partial charge in [0.05, 0.1) is 6.54 Å². The zero-order chi connectivity index (χ0) is 12.3. The van der Waals surface area contributed by atoms with E-state index >= 15 is 0 Å². The van der Waals surface area contributed by atoms with Gasteiger partial charge in [0.15, 0.2) is 0 Å². The lowest BCUT2D eigenvalue weighted by molar-refractivity contribution is -0.143. The van der Waals surface area contributed by atoms with E-state index in [0.29, 0.717) is 6.04 Å². The van der Waals surface area contributed by atoms with Gasteiger partial charge in [0.1, 0.15) is 6.04 Å². The molecule has 4 nitrogen and oxygen atoms in total. The minimum Gasteiger partial charge on any atom is -0.480 e. The Kier molecular flexibility index (Phi) is 4.03. The first-order chi connectivity index (χ1) is 8.22. The van der Waals surface area contributed by atoms with Gasteiger partial charge in [-0.25, -0.2) is 0 Å². The monoisotopic (exact) mass is 236 g/mol. The van der Waals surface area contributed by atoms with Gasteiger partial charge in [-0.3, -0.25) is 14.6 Å². The molecule has 0 spiro atoms. The first kappa shape index (κ1) is 12.4. The van der Waals surface area contributed by atoms with Gasteiger partial charge in [0.2, 0.25) is 0 Å². The minimum absolute atomic E-state index is 0.251. The zero-order valence-electron chi connectivity index (χ0n) is 10.1. The van der Waals surface area contributed by atoms with Crippen molar-refractivity contribution in [3.8, 4) is 12.3 Å². The second-order valence-corrected chi connectivity index (χ2v) is 4.95. The van der Waals surface area contributed by atoms with Crippen molar-refractivity contribution in [3.05, 3.63) is 0 Å². The number of carboxylic acids is 1. The van der Waals surface area contributed by atoms with Crippen molar-refractivity contribution in [1.82, 2.24) is 9.80 Å². The molecule has 0 aromatic rings. The Balaban J connectivity index is 1.88. The first-order valence-corrected chi connectivity index (χ1v) is 6.36. The molecule has 94 valence electrons. The molecule has 2 aliphatic rings. The highest BCUT2D eigenvalue weighted by Gasteiger charge is 2.36. The summed E-state index contributed by atoms with van der Waals surface area (Å²) < 4.78 is 0. The largest absolute Gasteiger partial charge is 0.480 e. The van der Waals surface area contributed by atoms with E-state index in [1.807, 2.05) is 0 Å². The van der Waals surface area contributed by atoms with Crippen LogP contribution in [0.25, 0.3) is 0 Å². The third-order valence-electron chi connectivity index (χ3n) is 3.92. The molecule has 2 rings (SSSR count). The smallest absolute Gasteiger partial charge is 0.320 e. The van der Waals surface area contributed by atoms with Crippen molar-refractivity contribution in [3.63, 3.8) is 0 Å². The molecule has 1 unspecified atom stereocenters. The number of aliphatic carboxylic acids is 1. The average Bonchev–Trinajstić information content (AvgIpc) is 2.79. The van der Waals surface area contributed by atoms with E-state index in [9.17, 15) is 9.90 Å². The molecule has 17 heavy (non-hydrogen) atoms. The molecule has 0 aromatic heterocycles. The molecule has 1 atom stereocenters. The molecular formula is C13H20N2O2. The Morgan fingerprint density at radius 2 is 2.00 bits per heavy atom. The molecular weight excluding hydrogens is 216 g/mol. The lowest BCUT2D eigenvalue weighted by Gasteiger charge is -2.37. The topological polar surface area (TPSA) is 43.8 Å². The summed E-state index contributed by atoms with van der Waals surface area (Å²) in [7, 11) is 0. The van der Waals surface area contributed by atoms with Gasteiger partial charge in [-0.05, 0) is 32.2 Å². The second kappa shape index (κ2) is 5.52. The maximum Gasteiger partial charge on any atom is 0.320 e. The Bertz CT molecular complexity index is 316. The van der Waals surface area contributed by atoms with E-state index in [1.54, 1.807) is 0 Å². The van der Waals surface area contributed by atoms with Crippen molar-refractivity contribution >= 4 is 5.97 Å². The number of carboxylic acid groups (broad SMARTS) is 1. The van der Waals surface area contributed by atoms with Gasteiger partial charge in [-0.15, -0.1) is 6.42 Å². The van der Waals surface area contributed by atoms with Gasteiger partial charge >= 0.3 is 5.97 Å². The highest BCUT2D eigenvalue weighted by Crippen LogP contribution is 2.25. The summed E-state index contributed by atoms with van der Waals surface area (Å²) in [6.45, 7) is 3.65. The SMILES string of the molecule is C#CCN1CCC(N2CCCC2C(=O)O)CC1. The Morgan fingerprint density at radius 3 is 2.59 bits per heavy atom. The molecule has 2 heterocycles. The third kappa shape index (κ3) is 2.80. The number of nitrogens with zero attached hydrogens (tertiary/aromatic N) is 2. The van der Waals surface area contributed by atoms with Crippen LogP contribution in [0.2, 0.25) is 0 Å². The number of terminal acetylenes is 1. The van der Waals surface area contributed by atoms with Crippen LogP contribution < -0.4 is 0 Å². The molecule has 0 amide bonds. The van der Waals surface area contributed by atoms with E-state index in [0.717, 1.165) is 51.9 Å². The Hall–Kier alpha value is -1.05. The number of hydrogen-bond acceptors (Lipinski definition) is 3. The maximum atomic E-state index is 11.1. The molecule has 2 saturated heterocycles. The molecule has 0 saturated carbocycles. The highest BCUT2D eigenvalue weighted by atomic mass is 16.4. The molecule has 0 radical (unpaired) electrons. The zero-order valence-corrected chi connectivity index (χ0v) is 10.1. The van der Waals surface area contributed by atoms with Crippen LogP contribution in [-0.2, 0) is 4.79 Å². The molecule has 4 heteroatoms. The number of rotatable bonds is 3. The predicted octanol–water partition coefficient (Wildman–Crippen LogP) is 0.633. The number of likely N-dealkylation sites (tertiary alicyclic amines) is 2. The quantitative estimate of drug-likeness (QED) is 0.730. The summed E-state index contributed by atoms with van der Waals surface area (Å²) in [6.07, 6.45) is 9.21. The number of hydrogen-bond donors (Lipinski definition) is 1. The second-order valence-electron chi connectivity index (χ2n) is 4.95. The molecule has 2 fully saturated rings. The lowest BCUT2D eigenvalue weighted by atomic mass is 10.0. The maximum absolute atomic E-state index is 11.1. The molecule has 0 aromatic carbocycles. The van der Waals surface area contributed by atoms with E-state index in [4.69, 9.17) is 6.42 Å². The number of piperidine rings is 1. The fraction of sp³-hybridized carbons (Fsp3) is 0.769. The first-order valence-electron chi connectivity index (χ1n) is 6.36. The van der Waals surface area contributed by atoms with Crippen LogP contribution in [0.3, 0.4) is 0 Å². The fourth-order valence-corrected chi connectivity index (χ4v) is 3.03. The fourth-order valence-electron chi connectivity index (χ4n) is 3.03. The highest BCUT2D eigenvalue weighted by molar-refractivity contribution is 5.73. The summed E-state index contributed by atoms with van der Waals surface area (Å²) in [5, 5.41) is 9.17. The standard InChI is InChI=1S/C13H20N2O2/c1-2-7-14-9-5-11(6-10-14)15-8-3-4-12(15)13(16)17/h1,11-12H,3-10H2,(H,16,17). The molecule has 0 bridgehead atoms. The van der Waals surface area contributed by atoms with E-state index in [-0.39, 0.29) is 6.04 Å². The van der Waals surface area contributed by atoms with Gasteiger partial charge in [-0.1, -0.05) is 5.92 Å². The van der Waals surface area contributed by atoms with Crippen LogP contribution in [0, 0.1) is 12.3 Å². The summed E-state index contributed by atoms with van der Waals surface area (Å²) in [5.41, 5.74) is 0. The van der Waals surface area contributed by atoms with Crippen molar-refractivity contribution < 1.29 is 9.90 Å². The average molecular weight is 236 g/mol. The third-order valence-corrected chi connectivity index (χ3v) is 3.92. The normalized spacial score (nSPS) is 28.1. The van der Waals surface area contributed by atoms with E-state index in [1.165, 1.54) is 0 Å². The predicted molar refractivity (Wildman–Crippen MR) is 65.7 cm³/mol. The summed E-state index contributed by atoms with van der Waals surface area (Å²) >= 11 is 0.